The average molecular weight is 393 g/mol. The maximum atomic E-state index is 12.4. The topological polar surface area (TPSA) is 84.1 Å². The molecule has 1 aromatic carbocycles. The van der Waals surface area contributed by atoms with Crippen LogP contribution < -0.4 is 5.32 Å². The molecule has 2 aromatic heterocycles. The number of rotatable bonds is 5. The maximum absolute atomic E-state index is 12.4. The first-order valence-electron chi connectivity index (χ1n) is 8.65. The Hall–Kier alpha value is -3.37. The number of benzene rings is 1. The number of hydrogen-bond acceptors (Lipinski definition) is 5. The molecule has 0 aliphatic heterocycles. The van der Waals surface area contributed by atoms with Crippen LogP contribution in [0.4, 0.5) is 5.00 Å². The molecule has 3 rings (SSSR count). The highest BCUT2D eigenvalue weighted by molar-refractivity contribution is 7.14. The molecule has 0 fully saturated rings. The number of nitrogens with zero attached hydrogens (tertiary/aromatic N) is 2. The molecule has 0 saturated carbocycles. The zero-order valence-electron chi connectivity index (χ0n) is 15.7. The highest BCUT2D eigenvalue weighted by Crippen LogP contribution is 2.22. The van der Waals surface area contributed by atoms with Gasteiger partial charge in [-0.05, 0) is 68.6 Å². The van der Waals surface area contributed by atoms with Crippen molar-refractivity contribution in [3.8, 4) is 11.8 Å². The maximum Gasteiger partial charge on any atom is 0.338 e. The van der Waals surface area contributed by atoms with E-state index in [-0.39, 0.29) is 0 Å². The molecule has 0 unspecified atom stereocenters. The Morgan fingerprint density at radius 1 is 1.11 bits per heavy atom. The van der Waals surface area contributed by atoms with E-state index in [0.717, 1.165) is 17.1 Å². The summed E-state index contributed by atoms with van der Waals surface area (Å²) in [6.45, 7) is 5.52. The molecule has 1 atom stereocenters. The molecule has 0 bridgehead atoms. The predicted molar refractivity (Wildman–Crippen MR) is 108 cm³/mol. The normalized spacial score (nSPS) is 11.5. The molecule has 0 aliphatic rings. The molecule has 2 heterocycles. The van der Waals surface area contributed by atoms with Gasteiger partial charge in [0.2, 0.25) is 0 Å². The Morgan fingerprint density at radius 3 is 2.36 bits per heavy atom. The third-order valence-corrected chi connectivity index (χ3v) is 5.14. The minimum atomic E-state index is -0.991. The zero-order chi connectivity index (χ0) is 20.3. The quantitative estimate of drug-likeness (QED) is 0.658. The van der Waals surface area contributed by atoms with Gasteiger partial charge in [-0.25, -0.2) is 4.79 Å². The fraction of sp³-hybridized carbons (Fsp3) is 0.190. The van der Waals surface area contributed by atoms with E-state index in [1.165, 1.54) is 18.3 Å². The van der Waals surface area contributed by atoms with Crippen molar-refractivity contribution in [2.24, 2.45) is 0 Å². The summed E-state index contributed by atoms with van der Waals surface area (Å²) in [5.74, 6) is -1.07. The van der Waals surface area contributed by atoms with Gasteiger partial charge in [-0.2, -0.15) is 5.26 Å². The van der Waals surface area contributed by atoms with Crippen LogP contribution >= 0.6 is 11.3 Å². The van der Waals surface area contributed by atoms with Crippen molar-refractivity contribution in [2.45, 2.75) is 26.9 Å². The van der Waals surface area contributed by atoms with Crippen LogP contribution in [0.1, 0.15) is 34.2 Å². The van der Waals surface area contributed by atoms with Gasteiger partial charge in [0.1, 0.15) is 11.1 Å². The monoisotopic (exact) mass is 393 g/mol. The number of esters is 1. The Kier molecular flexibility index (Phi) is 5.62. The molecule has 6 nitrogen and oxygen atoms in total. The molecular weight excluding hydrogens is 374 g/mol. The summed E-state index contributed by atoms with van der Waals surface area (Å²) >= 11 is 1.24. The van der Waals surface area contributed by atoms with E-state index in [1.807, 2.05) is 44.2 Å². The number of thiophene rings is 1. The van der Waals surface area contributed by atoms with Gasteiger partial charge in [-0.1, -0.05) is 0 Å². The summed E-state index contributed by atoms with van der Waals surface area (Å²) in [7, 11) is 0. The number of amides is 1. The molecule has 3 aromatic rings. The van der Waals surface area contributed by atoms with Crippen LogP contribution in [-0.4, -0.2) is 22.5 Å². The summed E-state index contributed by atoms with van der Waals surface area (Å²) in [6.07, 6.45) is -0.991. The van der Waals surface area contributed by atoms with Crippen molar-refractivity contribution in [3.05, 3.63) is 70.4 Å². The first-order valence-corrected chi connectivity index (χ1v) is 9.53. The number of carbonyl (C=O) groups excluding carboxylic acids is 2. The molecule has 1 N–H and O–H groups in total. The lowest BCUT2D eigenvalue weighted by Crippen LogP contribution is -2.29. The zero-order valence-corrected chi connectivity index (χ0v) is 16.5. The lowest BCUT2D eigenvalue weighted by atomic mass is 10.2. The Bertz CT molecular complexity index is 1040. The number of nitriles is 1. The minimum Gasteiger partial charge on any atom is -0.449 e. The van der Waals surface area contributed by atoms with Crippen molar-refractivity contribution in [1.29, 1.82) is 5.26 Å². The standard InChI is InChI=1S/C21H19N3O3S/c1-13-4-5-14(2)24(13)18-8-6-16(7-9-18)21(26)27-15(3)19(25)23-20-17(12-22)10-11-28-20/h4-11,15H,1-3H3,(H,23,25)/t15-/m1/s1. The number of carbonyl (C=O) groups is 2. The third-order valence-electron chi connectivity index (χ3n) is 4.31. The van der Waals surface area contributed by atoms with E-state index in [9.17, 15) is 9.59 Å². The fourth-order valence-corrected chi connectivity index (χ4v) is 3.55. The first kappa shape index (κ1) is 19.4. The van der Waals surface area contributed by atoms with Crippen LogP contribution in [-0.2, 0) is 9.53 Å². The van der Waals surface area contributed by atoms with Crippen molar-refractivity contribution in [3.63, 3.8) is 0 Å². The van der Waals surface area contributed by atoms with E-state index in [2.05, 4.69) is 9.88 Å². The second kappa shape index (κ2) is 8.11. The third kappa shape index (κ3) is 3.97. The van der Waals surface area contributed by atoms with Crippen LogP contribution in [0.3, 0.4) is 0 Å². The lowest BCUT2D eigenvalue weighted by molar-refractivity contribution is -0.123. The largest absolute Gasteiger partial charge is 0.449 e. The summed E-state index contributed by atoms with van der Waals surface area (Å²) in [6, 6.07) is 14.7. The van der Waals surface area contributed by atoms with E-state index in [4.69, 9.17) is 10.00 Å². The minimum absolute atomic E-state index is 0.361. The van der Waals surface area contributed by atoms with Gasteiger partial charge in [0, 0.05) is 17.1 Å². The van der Waals surface area contributed by atoms with Gasteiger partial charge in [0.15, 0.2) is 6.10 Å². The molecule has 0 spiro atoms. The van der Waals surface area contributed by atoms with Gasteiger partial charge in [0.25, 0.3) is 5.91 Å². The second-order valence-electron chi connectivity index (χ2n) is 6.31. The summed E-state index contributed by atoms with van der Waals surface area (Å²) in [5.41, 5.74) is 3.89. The van der Waals surface area contributed by atoms with Gasteiger partial charge in [-0.3, -0.25) is 4.79 Å². The van der Waals surface area contributed by atoms with Gasteiger partial charge in [0.05, 0.1) is 11.1 Å². The first-order chi connectivity index (χ1) is 13.4. The van der Waals surface area contributed by atoms with Gasteiger partial charge < -0.3 is 14.6 Å². The van der Waals surface area contributed by atoms with E-state index in [1.54, 1.807) is 23.6 Å². The van der Waals surface area contributed by atoms with E-state index < -0.39 is 18.0 Å². The van der Waals surface area contributed by atoms with E-state index in [0.29, 0.717) is 16.1 Å². The molecule has 0 aliphatic carbocycles. The van der Waals surface area contributed by atoms with Crippen molar-refractivity contribution in [2.75, 3.05) is 5.32 Å². The van der Waals surface area contributed by atoms with Crippen LogP contribution in [0.25, 0.3) is 5.69 Å². The van der Waals surface area contributed by atoms with Crippen LogP contribution in [0.5, 0.6) is 0 Å². The molecule has 7 heteroatoms. The summed E-state index contributed by atoms with van der Waals surface area (Å²) in [4.78, 5) is 24.6. The summed E-state index contributed by atoms with van der Waals surface area (Å²) in [5, 5.41) is 13.8. The molecule has 0 radical (unpaired) electrons. The fourth-order valence-electron chi connectivity index (χ4n) is 2.81. The van der Waals surface area contributed by atoms with Crippen LogP contribution in [0, 0.1) is 25.2 Å². The van der Waals surface area contributed by atoms with Crippen molar-refractivity contribution >= 4 is 28.2 Å². The average Bonchev–Trinajstić information content (AvgIpc) is 3.27. The molecule has 28 heavy (non-hydrogen) atoms. The van der Waals surface area contributed by atoms with Gasteiger partial charge in [-0.15, -0.1) is 11.3 Å². The number of aromatic nitrogens is 1. The molecule has 0 saturated heterocycles. The van der Waals surface area contributed by atoms with Crippen molar-refractivity contribution in [1.82, 2.24) is 4.57 Å². The number of aryl methyl sites for hydroxylation is 2. The molecule has 142 valence electrons. The summed E-state index contributed by atoms with van der Waals surface area (Å²) < 4.78 is 7.34. The lowest BCUT2D eigenvalue weighted by Gasteiger charge is -2.14. The van der Waals surface area contributed by atoms with E-state index >= 15 is 0 Å². The van der Waals surface area contributed by atoms with Crippen LogP contribution in [0.2, 0.25) is 0 Å². The molecular formula is C21H19N3O3S. The Labute approximate surface area is 167 Å². The van der Waals surface area contributed by atoms with Crippen LogP contribution in [0.15, 0.2) is 47.8 Å². The van der Waals surface area contributed by atoms with Gasteiger partial charge >= 0.3 is 5.97 Å². The number of hydrogen-bond donors (Lipinski definition) is 1. The smallest absolute Gasteiger partial charge is 0.338 e. The highest BCUT2D eigenvalue weighted by Gasteiger charge is 2.20. The highest BCUT2D eigenvalue weighted by atomic mass is 32.1. The Balaban J connectivity index is 1.66. The number of nitrogens with one attached hydrogen (secondary N) is 1. The SMILES string of the molecule is Cc1ccc(C)n1-c1ccc(C(=O)O[C@H](C)C(=O)Nc2sccc2C#N)cc1. The second-order valence-corrected chi connectivity index (χ2v) is 7.23. The number of anilines is 1. The Morgan fingerprint density at radius 2 is 1.75 bits per heavy atom. The number of ether oxygens (including phenoxy) is 1. The van der Waals surface area contributed by atoms with Crippen molar-refractivity contribution < 1.29 is 14.3 Å². The molecule has 1 amide bonds. The predicted octanol–water partition coefficient (Wildman–Crippen LogP) is 4.21.